The molecule has 1 aromatic heterocycles. The number of rotatable bonds is 3. The molecule has 7 heteroatoms. The highest BCUT2D eigenvalue weighted by Gasteiger charge is 2.20. The Morgan fingerprint density at radius 2 is 2.11 bits per heavy atom. The molecule has 0 unspecified atom stereocenters. The van der Waals surface area contributed by atoms with Crippen molar-refractivity contribution in [3.63, 3.8) is 0 Å². The van der Waals surface area contributed by atoms with Crippen LogP contribution in [-0.4, -0.2) is 28.2 Å². The van der Waals surface area contributed by atoms with Crippen LogP contribution in [0, 0.1) is 11.3 Å². The second-order valence-corrected chi connectivity index (χ2v) is 3.97. The number of nitriles is 1. The molecule has 7 nitrogen and oxygen atoms in total. The molecule has 2 N–H and O–H groups in total. The number of carbonyl (C=O) groups is 1. The summed E-state index contributed by atoms with van der Waals surface area (Å²) in [4.78, 5) is 13.4. The largest absolute Gasteiger partial charge is 0.379 e. The molecule has 0 aliphatic heterocycles. The molecule has 2 rings (SSSR count). The minimum atomic E-state index is -0.372. The van der Waals surface area contributed by atoms with Crippen molar-refractivity contribution in [3.8, 4) is 6.07 Å². The molecule has 0 aliphatic carbocycles. The van der Waals surface area contributed by atoms with Crippen molar-refractivity contribution in [1.82, 2.24) is 15.2 Å². The van der Waals surface area contributed by atoms with Crippen molar-refractivity contribution in [1.29, 1.82) is 5.26 Å². The first kappa shape index (κ1) is 12.6. The van der Waals surface area contributed by atoms with E-state index in [0.29, 0.717) is 12.1 Å². The maximum atomic E-state index is 12.0. The highest BCUT2D eigenvalue weighted by atomic mass is 16.6. The zero-order chi connectivity index (χ0) is 13.8. The Labute approximate surface area is 109 Å². The molecule has 0 saturated carbocycles. The first-order valence-electron chi connectivity index (χ1n) is 5.44. The number of hydrogen-bond acceptors (Lipinski definition) is 6. The van der Waals surface area contributed by atoms with Gasteiger partial charge in [0.1, 0.15) is 0 Å². The third kappa shape index (κ3) is 2.69. The van der Waals surface area contributed by atoms with Crippen LogP contribution in [0.4, 0.5) is 5.82 Å². The van der Waals surface area contributed by atoms with E-state index < -0.39 is 0 Å². The molecule has 1 heterocycles. The molecule has 0 radical (unpaired) electrons. The topological polar surface area (TPSA) is 109 Å². The quantitative estimate of drug-likeness (QED) is 0.870. The van der Waals surface area contributed by atoms with Crippen LogP contribution in [0.5, 0.6) is 0 Å². The molecule has 1 aromatic carbocycles. The normalized spacial score (nSPS) is 9.89. The Morgan fingerprint density at radius 3 is 2.63 bits per heavy atom. The Bertz CT molecular complexity index is 626. The maximum absolute atomic E-state index is 12.0. The SMILES string of the molecule is CN(Cc1ccc(C#N)cc1)C(=O)c1nonc1N. The predicted molar refractivity (Wildman–Crippen MR) is 65.7 cm³/mol. The highest BCUT2D eigenvalue weighted by molar-refractivity contribution is 5.95. The van der Waals surface area contributed by atoms with Gasteiger partial charge in [-0.1, -0.05) is 12.1 Å². The summed E-state index contributed by atoms with van der Waals surface area (Å²) in [5.41, 5.74) is 6.92. The molecule has 2 aromatic rings. The zero-order valence-electron chi connectivity index (χ0n) is 10.2. The van der Waals surface area contributed by atoms with Crippen LogP contribution in [-0.2, 0) is 6.54 Å². The first-order valence-corrected chi connectivity index (χ1v) is 5.44. The Hall–Kier alpha value is -2.88. The third-order valence-corrected chi connectivity index (χ3v) is 2.57. The van der Waals surface area contributed by atoms with Gasteiger partial charge in [0.2, 0.25) is 11.5 Å². The predicted octanol–water partition coefficient (Wildman–Crippen LogP) is 0.796. The lowest BCUT2D eigenvalue weighted by atomic mass is 10.1. The van der Waals surface area contributed by atoms with E-state index in [1.54, 1.807) is 31.3 Å². The molecule has 0 fully saturated rings. The number of amides is 1. The first-order chi connectivity index (χ1) is 9.11. The van der Waals surface area contributed by atoms with Crippen LogP contribution in [0.15, 0.2) is 28.9 Å². The zero-order valence-corrected chi connectivity index (χ0v) is 10.2. The fourth-order valence-corrected chi connectivity index (χ4v) is 1.55. The van der Waals surface area contributed by atoms with Gasteiger partial charge >= 0.3 is 0 Å². The van der Waals surface area contributed by atoms with Crippen molar-refractivity contribution in [2.75, 3.05) is 12.8 Å². The van der Waals surface area contributed by atoms with Crippen LogP contribution in [0.2, 0.25) is 0 Å². The van der Waals surface area contributed by atoms with Crippen LogP contribution < -0.4 is 5.73 Å². The lowest BCUT2D eigenvalue weighted by Crippen LogP contribution is -2.27. The maximum Gasteiger partial charge on any atom is 0.280 e. The molecular formula is C12H11N5O2. The molecule has 0 bridgehead atoms. The average Bonchev–Trinajstić information content (AvgIpc) is 2.85. The number of nitrogens with two attached hydrogens (primary N) is 1. The third-order valence-electron chi connectivity index (χ3n) is 2.57. The van der Waals surface area contributed by atoms with E-state index in [1.807, 2.05) is 6.07 Å². The van der Waals surface area contributed by atoms with Gasteiger partial charge < -0.3 is 10.6 Å². The summed E-state index contributed by atoms with van der Waals surface area (Å²) in [7, 11) is 1.62. The minimum absolute atomic E-state index is 0.00357. The van der Waals surface area contributed by atoms with E-state index in [9.17, 15) is 4.79 Å². The second kappa shape index (κ2) is 5.18. The van der Waals surface area contributed by atoms with Crippen LogP contribution in [0.1, 0.15) is 21.6 Å². The van der Waals surface area contributed by atoms with E-state index >= 15 is 0 Å². The van der Waals surface area contributed by atoms with Gasteiger partial charge in [-0.15, -0.1) is 0 Å². The molecule has 19 heavy (non-hydrogen) atoms. The van der Waals surface area contributed by atoms with Crippen molar-refractivity contribution >= 4 is 11.7 Å². The van der Waals surface area contributed by atoms with E-state index in [2.05, 4.69) is 14.9 Å². The van der Waals surface area contributed by atoms with Crippen molar-refractivity contribution < 1.29 is 9.42 Å². The van der Waals surface area contributed by atoms with Gasteiger partial charge in [0.25, 0.3) is 5.91 Å². The van der Waals surface area contributed by atoms with E-state index in [0.717, 1.165) is 5.56 Å². The summed E-state index contributed by atoms with van der Waals surface area (Å²) in [5, 5.41) is 15.5. The summed E-state index contributed by atoms with van der Waals surface area (Å²) in [5.74, 6) is -0.403. The number of aromatic nitrogens is 2. The summed E-state index contributed by atoms with van der Waals surface area (Å²) in [6.07, 6.45) is 0. The summed E-state index contributed by atoms with van der Waals surface area (Å²) in [6, 6.07) is 8.99. The monoisotopic (exact) mass is 257 g/mol. The molecule has 0 saturated heterocycles. The molecule has 0 aliphatic rings. The summed E-state index contributed by atoms with van der Waals surface area (Å²) < 4.78 is 4.39. The molecule has 0 atom stereocenters. The lowest BCUT2D eigenvalue weighted by molar-refractivity contribution is 0.0774. The highest BCUT2D eigenvalue weighted by Crippen LogP contribution is 2.11. The summed E-state index contributed by atoms with van der Waals surface area (Å²) >= 11 is 0. The Morgan fingerprint density at radius 1 is 1.42 bits per heavy atom. The van der Waals surface area contributed by atoms with Crippen LogP contribution in [0.25, 0.3) is 0 Å². The van der Waals surface area contributed by atoms with Gasteiger partial charge in [0, 0.05) is 13.6 Å². The second-order valence-electron chi connectivity index (χ2n) is 3.97. The van der Waals surface area contributed by atoms with Gasteiger partial charge in [-0.2, -0.15) is 5.26 Å². The average molecular weight is 257 g/mol. The summed E-state index contributed by atoms with van der Waals surface area (Å²) in [6.45, 7) is 0.372. The van der Waals surface area contributed by atoms with Crippen molar-refractivity contribution in [3.05, 3.63) is 41.1 Å². The smallest absolute Gasteiger partial charge is 0.280 e. The molecular weight excluding hydrogens is 246 g/mol. The minimum Gasteiger partial charge on any atom is -0.379 e. The number of anilines is 1. The standard InChI is InChI=1S/C12H11N5O2/c1-17(12(18)10-11(14)16-19-15-10)7-9-4-2-8(6-13)3-5-9/h2-5H,7H2,1H3,(H2,14,16). The van der Waals surface area contributed by atoms with Crippen molar-refractivity contribution in [2.24, 2.45) is 0 Å². The molecule has 0 spiro atoms. The lowest BCUT2D eigenvalue weighted by Gasteiger charge is -2.15. The number of carbonyl (C=O) groups excluding carboxylic acids is 1. The van der Waals surface area contributed by atoms with E-state index in [4.69, 9.17) is 11.0 Å². The van der Waals surface area contributed by atoms with Gasteiger partial charge in [-0.05, 0) is 28.0 Å². The number of nitrogen functional groups attached to an aromatic ring is 1. The van der Waals surface area contributed by atoms with Crippen LogP contribution >= 0.6 is 0 Å². The molecule has 96 valence electrons. The Kier molecular flexibility index (Phi) is 3.43. The Balaban J connectivity index is 2.08. The van der Waals surface area contributed by atoms with Crippen LogP contribution in [0.3, 0.4) is 0 Å². The molecule has 1 amide bonds. The fraction of sp³-hybridized carbons (Fsp3) is 0.167. The van der Waals surface area contributed by atoms with E-state index in [1.165, 1.54) is 4.90 Å². The number of benzene rings is 1. The van der Waals surface area contributed by atoms with Gasteiger partial charge in [0.15, 0.2) is 0 Å². The fourth-order valence-electron chi connectivity index (χ4n) is 1.55. The number of nitrogens with zero attached hydrogens (tertiary/aromatic N) is 4. The van der Waals surface area contributed by atoms with Gasteiger partial charge in [-0.3, -0.25) is 4.79 Å². The van der Waals surface area contributed by atoms with E-state index in [-0.39, 0.29) is 17.4 Å². The van der Waals surface area contributed by atoms with Crippen molar-refractivity contribution in [2.45, 2.75) is 6.54 Å². The van der Waals surface area contributed by atoms with Gasteiger partial charge in [-0.25, -0.2) is 4.63 Å². The number of hydrogen-bond donors (Lipinski definition) is 1. The van der Waals surface area contributed by atoms with Gasteiger partial charge in [0.05, 0.1) is 11.6 Å².